The van der Waals surface area contributed by atoms with Gasteiger partial charge in [0.2, 0.25) is 0 Å². The lowest BCUT2D eigenvalue weighted by Gasteiger charge is -2.38. The smallest absolute Gasteiger partial charge is 0.124 e. The minimum atomic E-state index is -0.491. The summed E-state index contributed by atoms with van der Waals surface area (Å²) in [7, 11) is 0. The van der Waals surface area contributed by atoms with E-state index in [1.807, 2.05) is 0 Å². The van der Waals surface area contributed by atoms with Crippen molar-refractivity contribution in [2.75, 3.05) is 0 Å². The average Bonchev–Trinajstić information content (AvgIpc) is 3.31. The van der Waals surface area contributed by atoms with Crippen LogP contribution in [0.25, 0.3) is 11.1 Å². The van der Waals surface area contributed by atoms with Crippen molar-refractivity contribution < 1.29 is 5.11 Å². The van der Waals surface area contributed by atoms with Crippen LogP contribution in [-0.4, -0.2) is 5.11 Å². The molecule has 0 aromatic heterocycles. The first kappa shape index (κ1) is 26.1. The van der Waals surface area contributed by atoms with Gasteiger partial charge in [0, 0.05) is 22.5 Å². The molecule has 1 heteroatoms. The van der Waals surface area contributed by atoms with Crippen LogP contribution in [-0.2, 0) is 10.8 Å². The molecule has 0 aliphatic heterocycles. The predicted octanol–water partition coefficient (Wildman–Crippen LogP) is 9.98. The van der Waals surface area contributed by atoms with Crippen LogP contribution in [0.2, 0.25) is 0 Å². The monoisotopic (exact) mass is 522 g/mol. The van der Waals surface area contributed by atoms with E-state index < -0.39 is 5.41 Å². The molecule has 0 atom stereocenters. The highest BCUT2D eigenvalue weighted by atomic mass is 16.3. The van der Waals surface area contributed by atoms with Gasteiger partial charge in [0.25, 0.3) is 0 Å². The Labute approximate surface area is 239 Å². The second-order valence-electron chi connectivity index (χ2n) is 12.2. The Morgan fingerprint density at radius 2 is 1.05 bits per heavy atom. The molecule has 0 saturated carbocycles. The molecule has 0 amide bonds. The fraction of sp³-hybridized carbons (Fsp3) is 0.231. The molecule has 40 heavy (non-hydrogen) atoms. The van der Waals surface area contributed by atoms with Crippen molar-refractivity contribution in [3.05, 3.63) is 160 Å². The van der Waals surface area contributed by atoms with Crippen LogP contribution >= 0.6 is 0 Å². The Balaban J connectivity index is 1.72. The van der Waals surface area contributed by atoms with Gasteiger partial charge in [-0.3, -0.25) is 0 Å². The van der Waals surface area contributed by atoms with E-state index >= 15 is 0 Å². The molecule has 1 N–H and O–H groups in total. The van der Waals surface area contributed by atoms with Crippen LogP contribution in [0.5, 0.6) is 5.75 Å². The molecular formula is C39H38O. The zero-order chi connectivity index (χ0) is 27.9. The van der Waals surface area contributed by atoms with Gasteiger partial charge in [-0.05, 0) is 50.8 Å². The van der Waals surface area contributed by atoms with E-state index in [4.69, 9.17) is 0 Å². The largest absolute Gasteiger partial charge is 0.507 e. The number of benzene rings is 5. The first-order chi connectivity index (χ1) is 19.4. The highest BCUT2D eigenvalue weighted by Gasteiger charge is 2.41. The van der Waals surface area contributed by atoms with Gasteiger partial charge in [0.1, 0.15) is 5.75 Å². The number of hydrogen-bond acceptors (Lipinski definition) is 1. The zero-order valence-corrected chi connectivity index (χ0v) is 24.0. The van der Waals surface area contributed by atoms with E-state index in [0.29, 0.717) is 5.75 Å². The van der Waals surface area contributed by atoms with E-state index in [1.165, 1.54) is 38.9 Å². The van der Waals surface area contributed by atoms with Crippen molar-refractivity contribution in [1.82, 2.24) is 0 Å². The summed E-state index contributed by atoms with van der Waals surface area (Å²) in [5.74, 6) is 0.380. The zero-order valence-electron chi connectivity index (χ0n) is 24.0. The summed E-state index contributed by atoms with van der Waals surface area (Å²) in [6, 6.07) is 43.5. The standard InChI is InChI=1S/C39H38O/c1-5-24-39(27-16-8-6-9-17-27,28-18-10-7-11-19-28)35-26-29(38(2,3)4)25-34(37(35)40)36-32-22-14-12-20-30(32)31-21-13-15-23-33(31)36/h6-23,25-26,36,40H,5,24H2,1-4H3. The second kappa shape index (κ2) is 10.1. The minimum absolute atomic E-state index is 0.0284. The number of rotatable bonds is 6. The Morgan fingerprint density at radius 3 is 1.52 bits per heavy atom. The maximum absolute atomic E-state index is 12.6. The van der Waals surface area contributed by atoms with Crippen molar-refractivity contribution in [2.45, 2.75) is 57.3 Å². The first-order valence-electron chi connectivity index (χ1n) is 14.5. The molecule has 0 saturated heterocycles. The van der Waals surface area contributed by atoms with Crippen LogP contribution in [0, 0.1) is 0 Å². The molecule has 0 spiro atoms. The summed E-state index contributed by atoms with van der Waals surface area (Å²) in [4.78, 5) is 0. The van der Waals surface area contributed by atoms with Crippen LogP contribution in [0.15, 0.2) is 121 Å². The summed E-state index contributed by atoms with van der Waals surface area (Å²) in [5, 5.41) is 12.6. The van der Waals surface area contributed by atoms with E-state index in [2.05, 4.69) is 149 Å². The summed E-state index contributed by atoms with van der Waals surface area (Å²) >= 11 is 0. The molecule has 1 aliphatic rings. The van der Waals surface area contributed by atoms with Gasteiger partial charge in [0.15, 0.2) is 0 Å². The third kappa shape index (κ3) is 4.16. The summed E-state index contributed by atoms with van der Waals surface area (Å²) in [5.41, 5.74) is 10.1. The van der Waals surface area contributed by atoms with Gasteiger partial charge in [-0.15, -0.1) is 0 Å². The van der Waals surface area contributed by atoms with Crippen molar-refractivity contribution in [1.29, 1.82) is 0 Å². The molecule has 5 aromatic carbocycles. The average molecular weight is 523 g/mol. The third-order valence-electron chi connectivity index (χ3n) is 8.77. The number of aromatic hydroxyl groups is 1. The topological polar surface area (TPSA) is 20.2 Å². The Bertz CT molecular complexity index is 1560. The molecule has 0 bridgehead atoms. The lowest BCUT2D eigenvalue weighted by Crippen LogP contribution is -2.30. The fourth-order valence-corrected chi connectivity index (χ4v) is 6.85. The van der Waals surface area contributed by atoms with Crippen molar-refractivity contribution >= 4 is 0 Å². The van der Waals surface area contributed by atoms with Crippen LogP contribution in [0.3, 0.4) is 0 Å². The van der Waals surface area contributed by atoms with Crippen LogP contribution < -0.4 is 0 Å². The molecule has 0 radical (unpaired) electrons. The van der Waals surface area contributed by atoms with E-state index in [0.717, 1.165) is 24.0 Å². The molecule has 200 valence electrons. The Morgan fingerprint density at radius 1 is 0.575 bits per heavy atom. The van der Waals surface area contributed by atoms with Crippen molar-refractivity contribution in [3.8, 4) is 16.9 Å². The molecule has 1 aliphatic carbocycles. The molecular weight excluding hydrogens is 484 g/mol. The summed E-state index contributed by atoms with van der Waals surface area (Å²) in [6.45, 7) is 9.07. The van der Waals surface area contributed by atoms with Gasteiger partial charge in [-0.1, -0.05) is 155 Å². The Kier molecular flexibility index (Phi) is 6.62. The van der Waals surface area contributed by atoms with Gasteiger partial charge in [0.05, 0.1) is 0 Å². The molecule has 5 aromatic rings. The summed E-state index contributed by atoms with van der Waals surface area (Å²) in [6.07, 6.45) is 1.87. The number of phenols is 1. The van der Waals surface area contributed by atoms with E-state index in [9.17, 15) is 5.11 Å². The number of hydrogen-bond donors (Lipinski definition) is 1. The molecule has 0 unspecified atom stereocenters. The molecule has 1 nitrogen and oxygen atoms in total. The molecule has 0 heterocycles. The third-order valence-corrected chi connectivity index (χ3v) is 8.77. The van der Waals surface area contributed by atoms with E-state index in [-0.39, 0.29) is 11.3 Å². The highest BCUT2D eigenvalue weighted by molar-refractivity contribution is 5.81. The number of fused-ring (bicyclic) bond motifs is 3. The predicted molar refractivity (Wildman–Crippen MR) is 167 cm³/mol. The maximum Gasteiger partial charge on any atom is 0.124 e. The highest BCUT2D eigenvalue weighted by Crippen LogP contribution is 2.54. The maximum atomic E-state index is 12.6. The SMILES string of the molecule is CCCC(c1ccccc1)(c1ccccc1)c1cc(C(C)(C)C)cc(C2c3ccccc3-c3ccccc32)c1O. The van der Waals surface area contributed by atoms with Gasteiger partial charge in [-0.25, -0.2) is 0 Å². The van der Waals surface area contributed by atoms with Crippen molar-refractivity contribution in [2.24, 2.45) is 0 Å². The molecule has 0 fully saturated rings. The molecule has 6 rings (SSSR count). The van der Waals surface area contributed by atoms with Gasteiger partial charge in [-0.2, -0.15) is 0 Å². The summed E-state index contributed by atoms with van der Waals surface area (Å²) < 4.78 is 0. The van der Waals surface area contributed by atoms with Crippen molar-refractivity contribution in [3.63, 3.8) is 0 Å². The van der Waals surface area contributed by atoms with Crippen LogP contribution in [0.1, 0.15) is 85.4 Å². The van der Waals surface area contributed by atoms with Gasteiger partial charge < -0.3 is 5.11 Å². The lowest BCUT2D eigenvalue weighted by molar-refractivity contribution is 0.435. The van der Waals surface area contributed by atoms with Crippen LogP contribution in [0.4, 0.5) is 0 Å². The first-order valence-corrected chi connectivity index (χ1v) is 14.5. The fourth-order valence-electron chi connectivity index (χ4n) is 6.85. The van der Waals surface area contributed by atoms with Gasteiger partial charge >= 0.3 is 0 Å². The minimum Gasteiger partial charge on any atom is -0.507 e. The normalized spacial score (nSPS) is 13.2. The quantitative estimate of drug-likeness (QED) is 0.216. The van der Waals surface area contributed by atoms with E-state index in [1.54, 1.807) is 0 Å². The number of phenolic OH excluding ortho intramolecular Hbond substituents is 1. The lowest BCUT2D eigenvalue weighted by atomic mass is 9.64. The second-order valence-corrected chi connectivity index (χ2v) is 12.2. The Hall–Kier alpha value is -4.10.